The van der Waals surface area contributed by atoms with Crippen molar-refractivity contribution >= 4 is 16.4 Å². The molecule has 1 unspecified atom stereocenters. The van der Waals surface area contributed by atoms with Crippen LogP contribution in [0.2, 0.25) is 6.32 Å². The van der Waals surface area contributed by atoms with Crippen molar-refractivity contribution in [3.63, 3.8) is 0 Å². The van der Waals surface area contributed by atoms with Gasteiger partial charge in [0.15, 0.2) is 6.56 Å². The fraction of sp³-hybridized carbons (Fsp3) is 1.00. The molecule has 0 amide bonds. The molecule has 0 aromatic rings. The van der Waals surface area contributed by atoms with Crippen LogP contribution in [0.1, 0.15) is 6.92 Å². The van der Waals surface area contributed by atoms with Crippen LogP contribution in [0.5, 0.6) is 0 Å². The van der Waals surface area contributed by atoms with Gasteiger partial charge in [-0.15, -0.1) is 0 Å². The highest BCUT2D eigenvalue weighted by Crippen LogP contribution is 2.47. The molecule has 0 saturated carbocycles. The summed E-state index contributed by atoms with van der Waals surface area (Å²) in [5.74, 6) is 2.44. The van der Waals surface area contributed by atoms with Crippen molar-refractivity contribution in [3.05, 3.63) is 0 Å². The number of rotatable bonds is 0. The van der Waals surface area contributed by atoms with E-state index in [2.05, 4.69) is 26.0 Å². The highest BCUT2D eigenvalue weighted by molar-refractivity contribution is 8.51. The molecule has 0 bridgehead atoms. The minimum Gasteiger partial charge on any atom is -0.281 e. The van der Waals surface area contributed by atoms with Crippen LogP contribution in [-0.2, 0) is 0 Å². The lowest BCUT2D eigenvalue weighted by molar-refractivity contribution is 0.756. The molecule has 1 heterocycles. The van der Waals surface area contributed by atoms with Crippen LogP contribution < -0.4 is 0 Å². The molecule has 0 spiro atoms. The van der Waals surface area contributed by atoms with Crippen molar-refractivity contribution in [2.75, 3.05) is 18.3 Å². The smallest absolute Gasteiger partial charge is 0.170 e. The van der Waals surface area contributed by atoms with E-state index in [1.807, 2.05) is 0 Å². The first-order chi connectivity index (χ1) is 3.60. The molecule has 1 fully saturated rings. The molecule has 2 heteroatoms. The SMILES string of the molecule is CC1C[B]S(C)(C)C1. The van der Waals surface area contributed by atoms with Crippen molar-refractivity contribution in [3.8, 4) is 0 Å². The van der Waals surface area contributed by atoms with E-state index in [1.54, 1.807) is 0 Å². The highest BCUT2D eigenvalue weighted by Gasteiger charge is 2.24. The van der Waals surface area contributed by atoms with Crippen LogP contribution in [0, 0.1) is 5.92 Å². The van der Waals surface area contributed by atoms with Crippen LogP contribution >= 0.6 is 9.88 Å². The summed E-state index contributed by atoms with van der Waals surface area (Å²) in [7, 11) is -0.220. The lowest BCUT2D eigenvalue weighted by Crippen LogP contribution is -1.99. The maximum absolute atomic E-state index is 2.53. The Labute approximate surface area is 54.5 Å². The molecule has 0 aliphatic carbocycles. The first-order valence-electron chi connectivity index (χ1n) is 3.14. The van der Waals surface area contributed by atoms with Gasteiger partial charge in [0.2, 0.25) is 0 Å². The topological polar surface area (TPSA) is 0 Å². The summed E-state index contributed by atoms with van der Waals surface area (Å²) in [6, 6.07) is 0. The Hall–Kier alpha value is 0.415. The van der Waals surface area contributed by atoms with Gasteiger partial charge < -0.3 is 0 Å². The summed E-state index contributed by atoms with van der Waals surface area (Å²) in [6.45, 7) is 4.87. The Kier molecular flexibility index (Phi) is 1.62. The Morgan fingerprint density at radius 3 is 2.25 bits per heavy atom. The van der Waals surface area contributed by atoms with E-state index in [-0.39, 0.29) is 9.88 Å². The molecule has 1 aliphatic heterocycles. The third-order valence-electron chi connectivity index (χ3n) is 1.66. The Morgan fingerprint density at radius 2 is 2.12 bits per heavy atom. The minimum atomic E-state index is -0.220. The molecule has 1 aliphatic rings. The van der Waals surface area contributed by atoms with Crippen molar-refractivity contribution < 1.29 is 0 Å². The maximum atomic E-state index is 2.53. The van der Waals surface area contributed by atoms with Gasteiger partial charge in [-0.1, -0.05) is 13.2 Å². The van der Waals surface area contributed by atoms with E-state index >= 15 is 0 Å². The molecule has 1 saturated heterocycles. The second-order valence-electron chi connectivity index (χ2n) is 3.30. The van der Waals surface area contributed by atoms with Crippen LogP contribution in [0.15, 0.2) is 0 Å². The first-order valence-corrected chi connectivity index (χ1v) is 5.82. The standard InChI is InChI=1S/C6H14BS/c1-6-4-7-8(2,3)5-6/h6H,4-5H2,1-3H3. The van der Waals surface area contributed by atoms with E-state index in [1.165, 1.54) is 12.1 Å². The highest BCUT2D eigenvalue weighted by atomic mass is 32.3. The average Bonchev–Trinajstić information content (AvgIpc) is 1.82. The molecule has 0 aromatic carbocycles. The molecule has 47 valence electrons. The second-order valence-corrected chi connectivity index (χ2v) is 7.21. The molecular weight excluding hydrogens is 115 g/mol. The van der Waals surface area contributed by atoms with E-state index in [0.29, 0.717) is 0 Å². The van der Waals surface area contributed by atoms with Gasteiger partial charge in [-0.25, -0.2) is 0 Å². The van der Waals surface area contributed by atoms with Crippen molar-refractivity contribution in [1.29, 1.82) is 0 Å². The summed E-state index contributed by atoms with van der Waals surface area (Å²) in [5, 5.41) is 0. The Balaban J connectivity index is 2.44. The van der Waals surface area contributed by atoms with Gasteiger partial charge in [0.25, 0.3) is 0 Å². The van der Waals surface area contributed by atoms with Gasteiger partial charge in [0, 0.05) is 0 Å². The molecule has 0 aromatic heterocycles. The molecule has 0 nitrogen and oxygen atoms in total. The molecule has 1 rings (SSSR count). The molecule has 8 heavy (non-hydrogen) atoms. The number of hydrogen-bond donors (Lipinski definition) is 0. The summed E-state index contributed by atoms with van der Waals surface area (Å²) >= 11 is 0. The summed E-state index contributed by atoms with van der Waals surface area (Å²) < 4.78 is 0. The van der Waals surface area contributed by atoms with Gasteiger partial charge in [-0.05, 0) is 24.2 Å². The molecule has 1 radical (unpaired) electrons. The fourth-order valence-corrected chi connectivity index (χ4v) is 3.88. The monoisotopic (exact) mass is 129 g/mol. The number of hydrogen-bond acceptors (Lipinski definition) is 0. The zero-order valence-corrected chi connectivity index (χ0v) is 6.79. The maximum Gasteiger partial charge on any atom is 0.170 e. The third-order valence-corrected chi connectivity index (χ3v) is 4.19. The first kappa shape index (κ1) is 6.53. The fourth-order valence-electron chi connectivity index (χ4n) is 1.29. The summed E-state index contributed by atoms with van der Waals surface area (Å²) in [6.07, 6.45) is 6.16. The predicted molar refractivity (Wildman–Crippen MR) is 44.0 cm³/mol. The largest absolute Gasteiger partial charge is 0.281 e. The Morgan fingerprint density at radius 1 is 1.50 bits per heavy atom. The van der Waals surface area contributed by atoms with E-state index in [9.17, 15) is 0 Å². The van der Waals surface area contributed by atoms with Crippen LogP contribution in [-0.4, -0.2) is 24.8 Å². The lowest BCUT2D eigenvalue weighted by Gasteiger charge is -2.23. The second kappa shape index (κ2) is 1.98. The molecule has 0 N–H and O–H groups in total. The van der Waals surface area contributed by atoms with Crippen LogP contribution in [0.4, 0.5) is 0 Å². The minimum absolute atomic E-state index is 0.220. The quantitative estimate of drug-likeness (QED) is 0.437. The van der Waals surface area contributed by atoms with E-state index in [0.717, 1.165) is 5.92 Å². The van der Waals surface area contributed by atoms with Gasteiger partial charge in [0.05, 0.1) is 0 Å². The van der Waals surface area contributed by atoms with Crippen LogP contribution in [0.3, 0.4) is 0 Å². The lowest BCUT2D eigenvalue weighted by atomic mass is 9.94. The average molecular weight is 129 g/mol. The molecular formula is C6H14BS. The predicted octanol–water partition coefficient (Wildman–Crippen LogP) is 1.74. The zero-order chi connectivity index (χ0) is 6.20. The van der Waals surface area contributed by atoms with Gasteiger partial charge in [0.1, 0.15) is 0 Å². The normalized spacial score (nSPS) is 38.6. The van der Waals surface area contributed by atoms with Crippen molar-refractivity contribution in [2.24, 2.45) is 5.92 Å². The van der Waals surface area contributed by atoms with E-state index in [4.69, 9.17) is 0 Å². The van der Waals surface area contributed by atoms with Crippen LogP contribution in [0.25, 0.3) is 0 Å². The van der Waals surface area contributed by atoms with Gasteiger partial charge >= 0.3 is 0 Å². The van der Waals surface area contributed by atoms with Gasteiger partial charge in [-0.2, -0.15) is 0 Å². The van der Waals surface area contributed by atoms with Crippen molar-refractivity contribution in [2.45, 2.75) is 13.2 Å². The van der Waals surface area contributed by atoms with Gasteiger partial charge in [-0.3, -0.25) is 9.88 Å². The zero-order valence-electron chi connectivity index (χ0n) is 5.98. The Bertz CT molecular complexity index is 90.5. The molecule has 1 atom stereocenters. The van der Waals surface area contributed by atoms with E-state index < -0.39 is 0 Å². The summed E-state index contributed by atoms with van der Waals surface area (Å²) in [5.41, 5.74) is 0. The van der Waals surface area contributed by atoms with Crippen molar-refractivity contribution in [1.82, 2.24) is 0 Å². The third kappa shape index (κ3) is 1.44. The summed E-state index contributed by atoms with van der Waals surface area (Å²) in [4.78, 5) is 0.